The molecule has 1 atom stereocenters. The summed E-state index contributed by atoms with van der Waals surface area (Å²) in [6.45, 7) is 2.92. The van der Waals surface area contributed by atoms with Gasteiger partial charge in [-0.1, -0.05) is 38.7 Å². The largest absolute Gasteiger partial charge is 0.465 e. The summed E-state index contributed by atoms with van der Waals surface area (Å²) in [5, 5.41) is 7.00. The van der Waals surface area contributed by atoms with Gasteiger partial charge in [0.15, 0.2) is 0 Å². The minimum atomic E-state index is -0.642. The molecule has 0 amide bonds. The van der Waals surface area contributed by atoms with E-state index in [0.717, 1.165) is 4.47 Å². The van der Waals surface area contributed by atoms with Gasteiger partial charge in [0.25, 0.3) is 0 Å². The number of azide groups is 1. The molecule has 114 valence electrons. The molecule has 21 heavy (non-hydrogen) atoms. The van der Waals surface area contributed by atoms with E-state index in [0.29, 0.717) is 36.7 Å². The van der Waals surface area contributed by atoms with Gasteiger partial charge in [-0.05, 0) is 43.1 Å². The number of halogens is 2. The number of esters is 1. The minimum absolute atomic E-state index is 0.296. The summed E-state index contributed by atoms with van der Waals surface area (Å²) in [5.41, 5.74) is 8.87. The van der Waals surface area contributed by atoms with E-state index in [-0.39, 0.29) is 5.97 Å². The quantitative estimate of drug-likeness (QED) is 0.245. The monoisotopic (exact) mass is 374 g/mol. The topological polar surface area (TPSA) is 87.1 Å². The van der Waals surface area contributed by atoms with Crippen molar-refractivity contribution in [2.45, 2.75) is 19.4 Å². The van der Waals surface area contributed by atoms with Crippen LogP contribution >= 0.6 is 27.5 Å². The Morgan fingerprint density at radius 2 is 2.38 bits per heavy atom. The Bertz CT molecular complexity index is 535. The van der Waals surface area contributed by atoms with Crippen molar-refractivity contribution in [2.75, 3.05) is 19.7 Å². The third kappa shape index (κ3) is 5.93. The molecule has 0 spiro atoms. The summed E-state index contributed by atoms with van der Waals surface area (Å²) in [6.07, 6.45) is 0.619. The number of rotatable bonds is 8. The standard InChI is InChI=1S/C13H16BrClN4O2/c1-2-21-13(20)12(17-6-3-7-18-19-16)10-5-4-9(14)8-11(10)15/h4-5,8,12,17H,2-3,6-7H2,1H3. The van der Waals surface area contributed by atoms with E-state index < -0.39 is 6.04 Å². The average molecular weight is 376 g/mol. The maximum absolute atomic E-state index is 12.1. The Balaban J connectivity index is 2.81. The maximum Gasteiger partial charge on any atom is 0.327 e. The summed E-state index contributed by atoms with van der Waals surface area (Å²) in [4.78, 5) is 14.7. The molecule has 0 aliphatic heterocycles. The van der Waals surface area contributed by atoms with Crippen LogP contribution in [-0.4, -0.2) is 25.7 Å². The Morgan fingerprint density at radius 3 is 3.00 bits per heavy atom. The molecule has 0 saturated carbocycles. The van der Waals surface area contributed by atoms with Gasteiger partial charge in [-0.2, -0.15) is 0 Å². The number of carbonyl (C=O) groups is 1. The number of nitrogens with one attached hydrogen (secondary N) is 1. The molecule has 1 N–H and O–H groups in total. The first-order valence-corrected chi connectivity index (χ1v) is 7.63. The molecule has 0 bridgehead atoms. The number of carbonyl (C=O) groups excluding carboxylic acids is 1. The van der Waals surface area contributed by atoms with Gasteiger partial charge in [0.1, 0.15) is 6.04 Å². The van der Waals surface area contributed by atoms with Crippen molar-refractivity contribution in [2.24, 2.45) is 5.11 Å². The van der Waals surface area contributed by atoms with Crippen molar-refractivity contribution in [1.82, 2.24) is 5.32 Å². The van der Waals surface area contributed by atoms with E-state index in [1.165, 1.54) is 0 Å². The van der Waals surface area contributed by atoms with E-state index in [4.69, 9.17) is 21.9 Å². The molecular formula is C13H16BrClN4O2. The van der Waals surface area contributed by atoms with Crippen molar-refractivity contribution in [3.63, 3.8) is 0 Å². The number of hydrogen-bond donors (Lipinski definition) is 1. The van der Waals surface area contributed by atoms with Crippen LogP contribution in [0, 0.1) is 0 Å². The van der Waals surface area contributed by atoms with Crippen molar-refractivity contribution in [1.29, 1.82) is 0 Å². The van der Waals surface area contributed by atoms with Crippen LogP contribution in [-0.2, 0) is 9.53 Å². The molecule has 0 aliphatic carbocycles. The van der Waals surface area contributed by atoms with Crippen molar-refractivity contribution in [3.05, 3.63) is 43.7 Å². The molecule has 1 unspecified atom stereocenters. The maximum atomic E-state index is 12.1. The molecule has 0 radical (unpaired) electrons. The highest BCUT2D eigenvalue weighted by Gasteiger charge is 2.23. The van der Waals surface area contributed by atoms with Crippen LogP contribution in [0.3, 0.4) is 0 Å². The van der Waals surface area contributed by atoms with E-state index in [1.54, 1.807) is 19.1 Å². The lowest BCUT2D eigenvalue weighted by Gasteiger charge is -2.18. The summed E-state index contributed by atoms with van der Waals surface area (Å²) in [6, 6.07) is 4.67. The zero-order valence-corrected chi connectivity index (χ0v) is 13.9. The molecule has 6 nitrogen and oxygen atoms in total. The zero-order valence-electron chi connectivity index (χ0n) is 11.6. The molecular weight excluding hydrogens is 360 g/mol. The molecule has 0 saturated heterocycles. The smallest absolute Gasteiger partial charge is 0.327 e. The van der Waals surface area contributed by atoms with Crippen LogP contribution in [0.15, 0.2) is 27.8 Å². The van der Waals surface area contributed by atoms with Crippen molar-refractivity contribution in [3.8, 4) is 0 Å². The van der Waals surface area contributed by atoms with E-state index >= 15 is 0 Å². The number of benzene rings is 1. The fraction of sp³-hybridized carbons (Fsp3) is 0.462. The SMILES string of the molecule is CCOC(=O)C(NCCCN=[N+]=[N-])c1ccc(Br)cc1Cl. The number of nitrogens with zero attached hydrogens (tertiary/aromatic N) is 3. The second-order valence-corrected chi connectivity index (χ2v) is 5.44. The van der Waals surface area contributed by atoms with Crippen LogP contribution < -0.4 is 5.32 Å². The minimum Gasteiger partial charge on any atom is -0.465 e. The van der Waals surface area contributed by atoms with E-state index in [9.17, 15) is 4.79 Å². The normalized spacial score (nSPS) is 11.6. The third-order valence-corrected chi connectivity index (χ3v) is 3.46. The van der Waals surface area contributed by atoms with Gasteiger partial charge in [0.2, 0.25) is 0 Å². The lowest BCUT2D eigenvalue weighted by Crippen LogP contribution is -2.31. The number of hydrogen-bond acceptors (Lipinski definition) is 4. The fourth-order valence-corrected chi connectivity index (χ4v) is 2.50. The second-order valence-electron chi connectivity index (χ2n) is 4.11. The predicted octanol–water partition coefficient (Wildman–Crippen LogP) is 4.00. The van der Waals surface area contributed by atoms with Crippen LogP contribution in [0.5, 0.6) is 0 Å². The van der Waals surface area contributed by atoms with Gasteiger partial charge in [-0.15, -0.1) is 0 Å². The van der Waals surface area contributed by atoms with Crippen LogP contribution in [0.25, 0.3) is 10.4 Å². The summed E-state index contributed by atoms with van der Waals surface area (Å²) < 4.78 is 5.90. The summed E-state index contributed by atoms with van der Waals surface area (Å²) >= 11 is 9.51. The van der Waals surface area contributed by atoms with Crippen LogP contribution in [0.2, 0.25) is 5.02 Å². The highest BCUT2D eigenvalue weighted by Crippen LogP contribution is 2.27. The Kier molecular flexibility index (Phi) is 8.15. The van der Waals surface area contributed by atoms with Gasteiger partial charge >= 0.3 is 5.97 Å². The van der Waals surface area contributed by atoms with Crippen LogP contribution in [0.4, 0.5) is 0 Å². The van der Waals surface area contributed by atoms with Gasteiger partial charge < -0.3 is 10.1 Å². The fourth-order valence-electron chi connectivity index (χ4n) is 1.72. The lowest BCUT2D eigenvalue weighted by atomic mass is 10.1. The molecule has 8 heteroatoms. The third-order valence-electron chi connectivity index (χ3n) is 2.64. The van der Waals surface area contributed by atoms with Crippen molar-refractivity contribution < 1.29 is 9.53 Å². The Morgan fingerprint density at radius 1 is 1.62 bits per heavy atom. The Labute approximate surface area is 136 Å². The van der Waals surface area contributed by atoms with E-state index in [1.807, 2.05) is 6.07 Å². The number of ether oxygens (including phenoxy) is 1. The second kappa shape index (κ2) is 9.63. The van der Waals surface area contributed by atoms with Gasteiger partial charge in [0.05, 0.1) is 6.61 Å². The first-order chi connectivity index (χ1) is 10.1. The van der Waals surface area contributed by atoms with Gasteiger partial charge in [-0.3, -0.25) is 0 Å². The summed E-state index contributed by atoms with van der Waals surface area (Å²) in [7, 11) is 0. The Hall–Kier alpha value is -1.27. The predicted molar refractivity (Wildman–Crippen MR) is 85.2 cm³/mol. The lowest BCUT2D eigenvalue weighted by molar-refractivity contribution is -0.145. The molecule has 0 heterocycles. The summed E-state index contributed by atoms with van der Waals surface area (Å²) in [5.74, 6) is -0.384. The molecule has 1 aromatic carbocycles. The van der Waals surface area contributed by atoms with Crippen molar-refractivity contribution >= 4 is 33.5 Å². The average Bonchev–Trinajstić information content (AvgIpc) is 2.44. The molecule has 1 aromatic rings. The van der Waals surface area contributed by atoms with Crippen LogP contribution in [0.1, 0.15) is 24.9 Å². The first kappa shape index (κ1) is 17.8. The molecule has 0 aromatic heterocycles. The highest BCUT2D eigenvalue weighted by atomic mass is 79.9. The first-order valence-electron chi connectivity index (χ1n) is 6.46. The molecule has 0 fully saturated rings. The van der Waals surface area contributed by atoms with Gasteiger partial charge in [-0.25, -0.2) is 4.79 Å². The zero-order chi connectivity index (χ0) is 15.7. The highest BCUT2D eigenvalue weighted by molar-refractivity contribution is 9.10. The molecule has 1 rings (SSSR count). The van der Waals surface area contributed by atoms with E-state index in [2.05, 4.69) is 31.3 Å². The molecule has 0 aliphatic rings. The van der Waals surface area contributed by atoms with Gasteiger partial charge in [0, 0.05) is 21.0 Å².